The van der Waals surface area contributed by atoms with Crippen LogP contribution in [0.2, 0.25) is 0 Å². The van der Waals surface area contributed by atoms with Crippen LogP contribution < -0.4 is 9.47 Å². The number of carbonyl (C=O) groups is 2. The van der Waals surface area contributed by atoms with E-state index in [4.69, 9.17) is 14.2 Å². The molecule has 112 valence electrons. The second-order valence-electron chi connectivity index (χ2n) is 5.52. The van der Waals surface area contributed by atoms with Crippen molar-refractivity contribution in [3.63, 3.8) is 0 Å². The first-order chi connectivity index (χ1) is 10.1. The molecular formula is C15H17NO5. The van der Waals surface area contributed by atoms with Crippen molar-refractivity contribution in [2.75, 3.05) is 13.4 Å². The number of benzene rings is 1. The Kier molecular flexibility index (Phi) is 3.45. The van der Waals surface area contributed by atoms with Crippen molar-refractivity contribution in [1.29, 1.82) is 0 Å². The van der Waals surface area contributed by atoms with Gasteiger partial charge in [-0.15, -0.1) is 0 Å². The molecule has 0 aromatic heterocycles. The molecule has 6 heteroatoms. The van der Waals surface area contributed by atoms with Crippen molar-refractivity contribution in [2.24, 2.45) is 5.92 Å². The molecule has 0 aliphatic carbocycles. The topological polar surface area (TPSA) is 65.1 Å². The number of amides is 2. The lowest BCUT2D eigenvalue weighted by Gasteiger charge is -2.22. The first kappa shape index (κ1) is 13.7. The minimum Gasteiger partial charge on any atom is -0.454 e. The predicted molar refractivity (Wildman–Crippen MR) is 73.1 cm³/mol. The second-order valence-corrected chi connectivity index (χ2v) is 5.52. The van der Waals surface area contributed by atoms with E-state index >= 15 is 0 Å². The summed E-state index contributed by atoms with van der Waals surface area (Å²) in [4.78, 5) is 25.4. The van der Waals surface area contributed by atoms with Crippen LogP contribution in [0.3, 0.4) is 0 Å². The number of rotatable bonds is 3. The highest BCUT2D eigenvalue weighted by molar-refractivity contribution is 5.94. The molecule has 21 heavy (non-hydrogen) atoms. The standard InChI is InChI=1S/C15H17NO5/c1-9(2)11-7-19-15(18)16(11)14(17)6-10-3-4-12-13(5-10)21-8-20-12/h3-5,9,11H,6-8H2,1-2H3/t11-/m0/s1. The van der Waals surface area contributed by atoms with Crippen LogP contribution in [0.25, 0.3) is 0 Å². The van der Waals surface area contributed by atoms with Crippen LogP contribution in [0.5, 0.6) is 11.5 Å². The Hall–Kier alpha value is -2.24. The summed E-state index contributed by atoms with van der Waals surface area (Å²) in [6.07, 6.45) is -0.422. The molecule has 2 amide bonds. The first-order valence-corrected chi connectivity index (χ1v) is 6.93. The molecule has 6 nitrogen and oxygen atoms in total. The number of carbonyl (C=O) groups excluding carboxylic acids is 2. The monoisotopic (exact) mass is 291 g/mol. The van der Waals surface area contributed by atoms with Gasteiger partial charge in [0.05, 0.1) is 12.5 Å². The Morgan fingerprint density at radius 1 is 1.29 bits per heavy atom. The second kappa shape index (κ2) is 5.27. The molecule has 0 saturated carbocycles. The number of fused-ring (bicyclic) bond motifs is 1. The molecule has 0 unspecified atom stereocenters. The van der Waals surface area contributed by atoms with Crippen molar-refractivity contribution in [2.45, 2.75) is 26.3 Å². The number of nitrogens with zero attached hydrogens (tertiary/aromatic N) is 1. The van der Waals surface area contributed by atoms with Crippen molar-refractivity contribution in [3.8, 4) is 11.5 Å². The van der Waals surface area contributed by atoms with Gasteiger partial charge in [0.15, 0.2) is 11.5 Å². The Bertz CT molecular complexity index is 583. The van der Waals surface area contributed by atoms with Crippen LogP contribution in [-0.4, -0.2) is 36.3 Å². The maximum atomic E-state index is 12.4. The molecule has 0 spiro atoms. The fourth-order valence-corrected chi connectivity index (χ4v) is 2.52. The third-order valence-electron chi connectivity index (χ3n) is 3.74. The molecule has 3 rings (SSSR count). The van der Waals surface area contributed by atoms with Gasteiger partial charge in [-0.1, -0.05) is 19.9 Å². The summed E-state index contributed by atoms with van der Waals surface area (Å²) in [5, 5.41) is 0. The molecule has 1 aromatic carbocycles. The number of ether oxygens (including phenoxy) is 3. The highest BCUT2D eigenvalue weighted by atomic mass is 16.7. The molecule has 1 saturated heterocycles. The molecule has 1 atom stereocenters. The van der Waals surface area contributed by atoms with Gasteiger partial charge in [-0.2, -0.15) is 0 Å². The summed E-state index contributed by atoms with van der Waals surface area (Å²) in [6.45, 7) is 4.39. The van der Waals surface area contributed by atoms with Gasteiger partial charge in [0, 0.05) is 0 Å². The van der Waals surface area contributed by atoms with Crippen molar-refractivity contribution >= 4 is 12.0 Å². The summed E-state index contributed by atoms with van der Waals surface area (Å²) in [5.41, 5.74) is 0.784. The number of imide groups is 1. The molecule has 1 fully saturated rings. The quantitative estimate of drug-likeness (QED) is 0.851. The maximum Gasteiger partial charge on any atom is 0.416 e. The van der Waals surface area contributed by atoms with Gasteiger partial charge >= 0.3 is 6.09 Å². The van der Waals surface area contributed by atoms with E-state index < -0.39 is 6.09 Å². The Labute approximate surface area is 122 Å². The van der Waals surface area contributed by atoms with Crippen LogP contribution >= 0.6 is 0 Å². The van der Waals surface area contributed by atoms with Crippen LogP contribution in [0.1, 0.15) is 19.4 Å². The smallest absolute Gasteiger partial charge is 0.416 e. The summed E-state index contributed by atoms with van der Waals surface area (Å²) in [5.74, 6) is 1.21. The van der Waals surface area contributed by atoms with Gasteiger partial charge in [-0.3, -0.25) is 4.79 Å². The fourth-order valence-electron chi connectivity index (χ4n) is 2.52. The molecule has 1 aromatic rings. The van der Waals surface area contributed by atoms with Crippen LogP contribution in [0.4, 0.5) is 4.79 Å². The molecule has 0 N–H and O–H groups in total. The lowest BCUT2D eigenvalue weighted by Crippen LogP contribution is -2.42. The number of cyclic esters (lactones) is 1. The summed E-state index contributed by atoms with van der Waals surface area (Å²) < 4.78 is 15.5. The van der Waals surface area contributed by atoms with Crippen molar-refractivity contribution in [1.82, 2.24) is 4.90 Å². The Morgan fingerprint density at radius 3 is 2.81 bits per heavy atom. The summed E-state index contributed by atoms with van der Waals surface area (Å²) in [7, 11) is 0. The van der Waals surface area contributed by atoms with Gasteiger partial charge < -0.3 is 14.2 Å². The molecule has 0 bridgehead atoms. The SMILES string of the molecule is CC(C)[C@@H]1COC(=O)N1C(=O)Cc1ccc2c(c1)OCO2. The van der Waals surface area contributed by atoms with E-state index in [1.165, 1.54) is 4.90 Å². The summed E-state index contributed by atoms with van der Waals surface area (Å²) in [6, 6.07) is 5.15. The third kappa shape index (κ3) is 2.53. The number of hydrogen-bond acceptors (Lipinski definition) is 5. The lowest BCUT2D eigenvalue weighted by atomic mass is 10.0. The van der Waals surface area contributed by atoms with Gasteiger partial charge in [0.25, 0.3) is 0 Å². The largest absolute Gasteiger partial charge is 0.454 e. The highest BCUT2D eigenvalue weighted by Gasteiger charge is 2.39. The zero-order valence-electron chi connectivity index (χ0n) is 12.0. The lowest BCUT2D eigenvalue weighted by molar-refractivity contribution is -0.129. The minimum atomic E-state index is -0.556. The van der Waals surface area contributed by atoms with Crippen molar-refractivity contribution in [3.05, 3.63) is 23.8 Å². The predicted octanol–water partition coefficient (Wildman–Crippen LogP) is 1.96. The average Bonchev–Trinajstić information content (AvgIpc) is 3.04. The maximum absolute atomic E-state index is 12.4. The normalized spacial score (nSPS) is 20.0. The van der Waals surface area contributed by atoms with E-state index in [-0.39, 0.29) is 37.7 Å². The Balaban J connectivity index is 1.75. The van der Waals surface area contributed by atoms with Crippen LogP contribution in [0, 0.1) is 5.92 Å². The fraction of sp³-hybridized carbons (Fsp3) is 0.467. The number of hydrogen-bond donors (Lipinski definition) is 0. The molecule has 0 radical (unpaired) electrons. The third-order valence-corrected chi connectivity index (χ3v) is 3.74. The zero-order chi connectivity index (χ0) is 15.0. The van der Waals surface area contributed by atoms with Crippen LogP contribution in [0.15, 0.2) is 18.2 Å². The zero-order valence-corrected chi connectivity index (χ0v) is 12.0. The van der Waals surface area contributed by atoms with E-state index in [1.807, 2.05) is 13.8 Å². The molecule has 2 aliphatic heterocycles. The van der Waals surface area contributed by atoms with Crippen molar-refractivity contribution < 1.29 is 23.8 Å². The summed E-state index contributed by atoms with van der Waals surface area (Å²) >= 11 is 0. The average molecular weight is 291 g/mol. The van der Waals surface area contributed by atoms with E-state index in [2.05, 4.69) is 0 Å². The van der Waals surface area contributed by atoms with E-state index in [1.54, 1.807) is 18.2 Å². The van der Waals surface area contributed by atoms with Gasteiger partial charge in [-0.25, -0.2) is 9.69 Å². The van der Waals surface area contributed by atoms with E-state index in [9.17, 15) is 9.59 Å². The van der Waals surface area contributed by atoms with Gasteiger partial charge in [0.2, 0.25) is 12.7 Å². The highest BCUT2D eigenvalue weighted by Crippen LogP contribution is 2.33. The van der Waals surface area contributed by atoms with Gasteiger partial charge in [0.1, 0.15) is 6.61 Å². The van der Waals surface area contributed by atoms with E-state index in [0.29, 0.717) is 11.5 Å². The minimum absolute atomic E-state index is 0.134. The molecule has 2 aliphatic rings. The van der Waals surface area contributed by atoms with Gasteiger partial charge in [-0.05, 0) is 23.6 Å². The molecular weight excluding hydrogens is 274 g/mol. The first-order valence-electron chi connectivity index (χ1n) is 6.93. The van der Waals surface area contributed by atoms with E-state index in [0.717, 1.165) is 5.56 Å². The Morgan fingerprint density at radius 2 is 2.05 bits per heavy atom. The van der Waals surface area contributed by atoms with Crippen LogP contribution in [-0.2, 0) is 16.0 Å². The molecule has 2 heterocycles.